The van der Waals surface area contributed by atoms with Crippen molar-refractivity contribution in [1.82, 2.24) is 5.32 Å². The Morgan fingerprint density at radius 1 is 1.58 bits per heavy atom. The van der Waals surface area contributed by atoms with Crippen molar-refractivity contribution in [3.63, 3.8) is 0 Å². The molecule has 1 heterocycles. The lowest BCUT2D eigenvalue weighted by Crippen LogP contribution is -2.28. The molecule has 1 fully saturated rings. The van der Waals surface area contributed by atoms with Crippen molar-refractivity contribution in [3.8, 4) is 0 Å². The van der Waals surface area contributed by atoms with Crippen LogP contribution in [0.15, 0.2) is 0 Å². The van der Waals surface area contributed by atoms with Gasteiger partial charge in [0.1, 0.15) is 0 Å². The maximum atomic E-state index is 9.27. The van der Waals surface area contributed by atoms with Gasteiger partial charge in [-0.1, -0.05) is 6.92 Å². The summed E-state index contributed by atoms with van der Waals surface area (Å²) in [5, 5.41) is 12.6. The van der Waals surface area contributed by atoms with Gasteiger partial charge in [0.25, 0.3) is 0 Å². The molecule has 1 saturated heterocycles. The predicted octanol–water partition coefficient (Wildman–Crippen LogP) is 1.10. The van der Waals surface area contributed by atoms with Gasteiger partial charge in [0.2, 0.25) is 0 Å². The van der Waals surface area contributed by atoms with Crippen LogP contribution >= 0.6 is 11.8 Å². The minimum absolute atomic E-state index is 0.210. The molecule has 0 amide bonds. The van der Waals surface area contributed by atoms with E-state index < -0.39 is 0 Å². The molecule has 2 N–H and O–H groups in total. The lowest BCUT2D eigenvalue weighted by atomic mass is 9.85. The molecule has 72 valence electrons. The minimum Gasteiger partial charge on any atom is -0.396 e. The van der Waals surface area contributed by atoms with Gasteiger partial charge in [0.15, 0.2) is 0 Å². The molecule has 0 aliphatic carbocycles. The normalized spacial score (nSPS) is 29.5. The van der Waals surface area contributed by atoms with E-state index in [1.165, 1.54) is 11.5 Å². The van der Waals surface area contributed by atoms with Gasteiger partial charge in [-0.25, -0.2) is 0 Å². The van der Waals surface area contributed by atoms with E-state index in [-0.39, 0.29) is 5.41 Å². The molecule has 0 radical (unpaired) electrons. The Hall–Kier alpha value is 0.270. The molecule has 2 nitrogen and oxygen atoms in total. The predicted molar refractivity (Wildman–Crippen MR) is 54.6 cm³/mol. The van der Waals surface area contributed by atoms with E-state index in [0.29, 0.717) is 6.61 Å². The summed E-state index contributed by atoms with van der Waals surface area (Å²) in [4.78, 5) is 0. The molecule has 3 heteroatoms. The summed E-state index contributed by atoms with van der Waals surface area (Å²) >= 11 is 1.97. The fraction of sp³-hybridized carbons (Fsp3) is 1.00. The highest BCUT2D eigenvalue weighted by Crippen LogP contribution is 2.30. The van der Waals surface area contributed by atoms with Gasteiger partial charge in [-0.05, 0) is 30.9 Å². The van der Waals surface area contributed by atoms with Crippen molar-refractivity contribution in [3.05, 3.63) is 0 Å². The summed E-state index contributed by atoms with van der Waals surface area (Å²) in [6, 6.07) is 0. The second kappa shape index (κ2) is 5.10. The lowest BCUT2D eigenvalue weighted by Gasteiger charge is -2.24. The second-order valence-corrected chi connectivity index (χ2v) is 4.93. The Morgan fingerprint density at radius 3 is 2.92 bits per heavy atom. The molecule has 0 saturated carbocycles. The molecule has 1 rings (SSSR count). The average molecular weight is 189 g/mol. The number of hydrogen-bond acceptors (Lipinski definition) is 3. The maximum absolute atomic E-state index is 9.27. The Labute approximate surface area is 79.1 Å². The lowest BCUT2D eigenvalue weighted by molar-refractivity contribution is 0.140. The van der Waals surface area contributed by atoms with Gasteiger partial charge >= 0.3 is 0 Å². The number of thioether (sulfide) groups is 1. The largest absolute Gasteiger partial charge is 0.396 e. The van der Waals surface area contributed by atoms with Crippen LogP contribution < -0.4 is 5.32 Å². The maximum Gasteiger partial charge on any atom is 0.0500 e. The fourth-order valence-corrected chi connectivity index (χ4v) is 2.52. The zero-order valence-corrected chi connectivity index (χ0v) is 8.62. The zero-order chi connectivity index (χ0) is 8.86. The molecule has 0 aromatic heterocycles. The smallest absolute Gasteiger partial charge is 0.0500 e. The third-order valence-corrected chi connectivity index (χ3v) is 3.55. The van der Waals surface area contributed by atoms with Gasteiger partial charge in [0.05, 0.1) is 0 Å². The standard InChI is InChI=1S/C9H19NOS/c1-2-12-6-4-9(8-11)3-5-10-7-9/h10-11H,2-8H2,1H3. The first-order valence-electron chi connectivity index (χ1n) is 4.72. The Kier molecular flexibility index (Phi) is 4.40. The zero-order valence-electron chi connectivity index (χ0n) is 7.81. The molecule has 1 unspecified atom stereocenters. The van der Waals surface area contributed by atoms with Crippen LogP contribution in [0.25, 0.3) is 0 Å². The Bertz CT molecular complexity index is 124. The molecule has 0 aromatic rings. The summed E-state index contributed by atoms with van der Waals surface area (Å²) in [6.07, 6.45) is 2.31. The summed E-state index contributed by atoms with van der Waals surface area (Å²) in [6.45, 7) is 4.62. The molecule has 0 spiro atoms. The number of hydrogen-bond donors (Lipinski definition) is 2. The molecular weight excluding hydrogens is 170 g/mol. The van der Waals surface area contributed by atoms with Crippen molar-refractivity contribution in [2.45, 2.75) is 19.8 Å². The van der Waals surface area contributed by atoms with Crippen LogP contribution in [0.2, 0.25) is 0 Å². The minimum atomic E-state index is 0.210. The summed E-state index contributed by atoms with van der Waals surface area (Å²) < 4.78 is 0. The highest BCUT2D eigenvalue weighted by molar-refractivity contribution is 7.99. The third kappa shape index (κ3) is 2.64. The van der Waals surface area contributed by atoms with Crippen LogP contribution in [0.4, 0.5) is 0 Å². The van der Waals surface area contributed by atoms with Crippen LogP contribution in [-0.2, 0) is 0 Å². The van der Waals surface area contributed by atoms with Crippen molar-refractivity contribution in [2.24, 2.45) is 5.41 Å². The average Bonchev–Trinajstić information content (AvgIpc) is 2.55. The molecule has 1 atom stereocenters. The monoisotopic (exact) mass is 189 g/mol. The van der Waals surface area contributed by atoms with Gasteiger partial charge in [-0.3, -0.25) is 0 Å². The second-order valence-electron chi connectivity index (χ2n) is 3.53. The van der Waals surface area contributed by atoms with E-state index in [9.17, 15) is 5.11 Å². The molecule has 12 heavy (non-hydrogen) atoms. The summed E-state index contributed by atoms with van der Waals surface area (Å²) in [7, 11) is 0. The van der Waals surface area contributed by atoms with Crippen LogP contribution in [0.5, 0.6) is 0 Å². The molecular formula is C9H19NOS. The summed E-state index contributed by atoms with van der Waals surface area (Å²) in [5.74, 6) is 2.38. The molecule has 1 aliphatic rings. The molecule has 0 bridgehead atoms. The highest BCUT2D eigenvalue weighted by Gasteiger charge is 2.32. The number of aliphatic hydroxyl groups is 1. The van der Waals surface area contributed by atoms with Gasteiger partial charge in [0, 0.05) is 18.6 Å². The number of aliphatic hydroxyl groups excluding tert-OH is 1. The quantitative estimate of drug-likeness (QED) is 0.635. The van der Waals surface area contributed by atoms with E-state index in [4.69, 9.17) is 0 Å². The van der Waals surface area contributed by atoms with E-state index in [1.807, 2.05) is 11.8 Å². The first-order chi connectivity index (χ1) is 5.83. The van der Waals surface area contributed by atoms with Crippen molar-refractivity contribution >= 4 is 11.8 Å². The van der Waals surface area contributed by atoms with E-state index in [0.717, 1.165) is 25.9 Å². The van der Waals surface area contributed by atoms with Crippen molar-refractivity contribution in [1.29, 1.82) is 0 Å². The van der Waals surface area contributed by atoms with Crippen LogP contribution in [0.3, 0.4) is 0 Å². The van der Waals surface area contributed by atoms with Crippen LogP contribution in [-0.4, -0.2) is 36.3 Å². The fourth-order valence-electron chi connectivity index (χ4n) is 1.66. The van der Waals surface area contributed by atoms with Gasteiger partial charge < -0.3 is 10.4 Å². The van der Waals surface area contributed by atoms with E-state index in [1.54, 1.807) is 0 Å². The highest BCUT2D eigenvalue weighted by atomic mass is 32.2. The van der Waals surface area contributed by atoms with Crippen molar-refractivity contribution < 1.29 is 5.11 Å². The number of rotatable bonds is 5. The Balaban J connectivity index is 2.24. The van der Waals surface area contributed by atoms with Crippen molar-refractivity contribution in [2.75, 3.05) is 31.2 Å². The molecule has 0 aromatic carbocycles. The SMILES string of the molecule is CCSCCC1(CO)CCNC1. The Morgan fingerprint density at radius 2 is 2.42 bits per heavy atom. The summed E-state index contributed by atoms with van der Waals surface area (Å²) in [5.41, 5.74) is 0.210. The third-order valence-electron chi connectivity index (χ3n) is 2.65. The first-order valence-corrected chi connectivity index (χ1v) is 5.88. The van der Waals surface area contributed by atoms with Crippen LogP contribution in [0, 0.1) is 5.41 Å². The van der Waals surface area contributed by atoms with E-state index >= 15 is 0 Å². The first kappa shape index (κ1) is 10.4. The van der Waals surface area contributed by atoms with E-state index in [2.05, 4.69) is 12.2 Å². The topological polar surface area (TPSA) is 32.3 Å². The number of nitrogens with one attached hydrogen (secondary N) is 1. The molecule has 1 aliphatic heterocycles. The van der Waals surface area contributed by atoms with Gasteiger partial charge in [-0.2, -0.15) is 11.8 Å². The van der Waals surface area contributed by atoms with Crippen LogP contribution in [0.1, 0.15) is 19.8 Å². The van der Waals surface area contributed by atoms with Gasteiger partial charge in [-0.15, -0.1) is 0 Å².